The summed E-state index contributed by atoms with van der Waals surface area (Å²) in [5, 5.41) is 6.26. The molecule has 0 radical (unpaired) electrons. The molecular weight excluding hydrogens is 386 g/mol. The Morgan fingerprint density at radius 2 is 1.93 bits per heavy atom. The topological polar surface area (TPSA) is 78.5 Å². The molecule has 2 aliphatic heterocycles. The largest absolute Gasteiger partial charge is 0.348 e. The molecule has 2 N–H and O–H groups in total. The number of halogens is 1. The van der Waals surface area contributed by atoms with E-state index >= 15 is 0 Å². The van der Waals surface area contributed by atoms with Crippen molar-refractivity contribution in [3.8, 4) is 0 Å². The molecule has 3 unspecified atom stereocenters. The maximum Gasteiger partial charge on any atom is 0.251 e. The standard InChI is InChI=1S/C19H29N3O3S.ClH/c1-14-9-15(2)13-22(12-14)26(24,25)18-7-3-5-16(10-18)19(23)21-17-6-4-8-20-11-17;/h3,5,7,10,14-15,17,20H,4,6,8-9,11-13H2,1-2H3,(H,21,23);1H. The minimum absolute atomic E-state index is 0. The highest BCUT2D eigenvalue weighted by molar-refractivity contribution is 7.89. The van der Waals surface area contributed by atoms with Gasteiger partial charge in [-0.3, -0.25) is 4.79 Å². The van der Waals surface area contributed by atoms with E-state index < -0.39 is 10.0 Å². The molecular formula is C19H30ClN3O3S. The molecule has 2 saturated heterocycles. The summed E-state index contributed by atoms with van der Waals surface area (Å²) >= 11 is 0. The normalized spacial score (nSPS) is 26.8. The molecule has 2 heterocycles. The number of carbonyl (C=O) groups is 1. The molecule has 1 amide bonds. The van der Waals surface area contributed by atoms with E-state index in [0.717, 1.165) is 32.4 Å². The van der Waals surface area contributed by atoms with Crippen molar-refractivity contribution in [2.75, 3.05) is 26.2 Å². The molecule has 6 nitrogen and oxygen atoms in total. The highest BCUT2D eigenvalue weighted by atomic mass is 35.5. The van der Waals surface area contributed by atoms with Crippen LogP contribution in [0.15, 0.2) is 29.2 Å². The maximum atomic E-state index is 13.0. The van der Waals surface area contributed by atoms with Crippen LogP contribution in [0.2, 0.25) is 0 Å². The zero-order valence-corrected chi connectivity index (χ0v) is 17.6. The number of sulfonamides is 1. The monoisotopic (exact) mass is 415 g/mol. The summed E-state index contributed by atoms with van der Waals surface area (Å²) in [4.78, 5) is 12.7. The molecule has 2 aliphatic rings. The van der Waals surface area contributed by atoms with E-state index in [1.54, 1.807) is 22.5 Å². The van der Waals surface area contributed by atoms with E-state index in [1.807, 2.05) is 0 Å². The van der Waals surface area contributed by atoms with Gasteiger partial charge in [0, 0.05) is 31.2 Å². The smallest absolute Gasteiger partial charge is 0.251 e. The second kappa shape index (κ2) is 9.37. The number of hydrogen-bond acceptors (Lipinski definition) is 4. The first-order chi connectivity index (χ1) is 12.4. The lowest BCUT2D eigenvalue weighted by Gasteiger charge is -2.34. The summed E-state index contributed by atoms with van der Waals surface area (Å²) in [7, 11) is -3.58. The fourth-order valence-corrected chi connectivity index (χ4v) is 5.72. The highest BCUT2D eigenvalue weighted by Crippen LogP contribution is 2.27. The number of nitrogens with zero attached hydrogens (tertiary/aromatic N) is 1. The zero-order valence-electron chi connectivity index (χ0n) is 16.0. The number of amides is 1. The van der Waals surface area contributed by atoms with Crippen molar-refractivity contribution in [3.05, 3.63) is 29.8 Å². The predicted octanol–water partition coefficient (Wildman–Crippen LogP) is 2.26. The number of benzene rings is 1. The lowest BCUT2D eigenvalue weighted by Crippen LogP contribution is -2.45. The van der Waals surface area contributed by atoms with E-state index in [-0.39, 0.29) is 29.3 Å². The van der Waals surface area contributed by atoms with E-state index in [9.17, 15) is 13.2 Å². The SMILES string of the molecule is CC1CC(C)CN(S(=O)(=O)c2cccc(C(=O)NC3CCCNC3)c2)C1.Cl. The Balaban J connectivity index is 0.00000261. The number of carbonyl (C=O) groups excluding carboxylic acids is 1. The first-order valence-electron chi connectivity index (χ1n) is 9.48. The molecule has 3 atom stereocenters. The predicted molar refractivity (Wildman–Crippen MR) is 109 cm³/mol. The van der Waals surface area contributed by atoms with Crippen molar-refractivity contribution < 1.29 is 13.2 Å². The summed E-state index contributed by atoms with van der Waals surface area (Å²) < 4.78 is 27.6. The zero-order chi connectivity index (χ0) is 18.7. The van der Waals surface area contributed by atoms with Crippen LogP contribution in [0.4, 0.5) is 0 Å². The van der Waals surface area contributed by atoms with Crippen molar-refractivity contribution >= 4 is 28.3 Å². The lowest BCUT2D eigenvalue weighted by atomic mass is 9.94. The molecule has 0 aliphatic carbocycles. The van der Waals surface area contributed by atoms with Gasteiger partial charge in [0.2, 0.25) is 10.0 Å². The summed E-state index contributed by atoms with van der Waals surface area (Å²) in [6, 6.07) is 6.51. The Labute approximate surface area is 168 Å². The van der Waals surface area contributed by atoms with Crippen LogP contribution in [-0.4, -0.2) is 50.9 Å². The van der Waals surface area contributed by atoms with Crippen LogP contribution in [0.3, 0.4) is 0 Å². The van der Waals surface area contributed by atoms with E-state index in [4.69, 9.17) is 0 Å². The van der Waals surface area contributed by atoms with Crippen LogP contribution >= 0.6 is 12.4 Å². The van der Waals surface area contributed by atoms with Crippen molar-refractivity contribution in [3.63, 3.8) is 0 Å². The minimum atomic E-state index is -3.58. The summed E-state index contributed by atoms with van der Waals surface area (Å²) in [5.74, 6) is 0.480. The van der Waals surface area contributed by atoms with E-state index in [1.165, 1.54) is 6.07 Å². The first-order valence-corrected chi connectivity index (χ1v) is 10.9. The van der Waals surface area contributed by atoms with E-state index in [2.05, 4.69) is 24.5 Å². The van der Waals surface area contributed by atoms with Gasteiger partial charge in [0.25, 0.3) is 5.91 Å². The molecule has 27 heavy (non-hydrogen) atoms. The minimum Gasteiger partial charge on any atom is -0.348 e. The average Bonchev–Trinajstić information content (AvgIpc) is 2.62. The fourth-order valence-electron chi connectivity index (χ4n) is 3.99. The van der Waals surface area contributed by atoms with Gasteiger partial charge in [0.15, 0.2) is 0 Å². The lowest BCUT2D eigenvalue weighted by molar-refractivity contribution is 0.0930. The van der Waals surface area contributed by atoms with Crippen LogP contribution in [0.5, 0.6) is 0 Å². The van der Waals surface area contributed by atoms with Crippen LogP contribution in [0, 0.1) is 11.8 Å². The van der Waals surface area contributed by atoms with Crippen LogP contribution in [0.1, 0.15) is 43.5 Å². The first kappa shape index (κ1) is 22.1. The molecule has 0 saturated carbocycles. The van der Waals surface area contributed by atoms with Gasteiger partial charge in [-0.05, 0) is 55.8 Å². The van der Waals surface area contributed by atoms with Gasteiger partial charge in [-0.1, -0.05) is 19.9 Å². The van der Waals surface area contributed by atoms with Crippen LogP contribution in [-0.2, 0) is 10.0 Å². The molecule has 0 aromatic heterocycles. The molecule has 3 rings (SSSR count). The van der Waals surface area contributed by atoms with Gasteiger partial charge < -0.3 is 10.6 Å². The van der Waals surface area contributed by atoms with Gasteiger partial charge in [0.05, 0.1) is 4.90 Å². The van der Waals surface area contributed by atoms with Crippen LogP contribution in [0.25, 0.3) is 0 Å². The molecule has 8 heteroatoms. The average molecular weight is 416 g/mol. The molecule has 2 fully saturated rings. The van der Waals surface area contributed by atoms with Crippen molar-refractivity contribution in [2.24, 2.45) is 11.8 Å². The van der Waals surface area contributed by atoms with Crippen molar-refractivity contribution in [1.82, 2.24) is 14.9 Å². The Bertz CT molecular complexity index is 740. The Morgan fingerprint density at radius 1 is 1.22 bits per heavy atom. The third-order valence-corrected chi connectivity index (χ3v) is 7.03. The molecule has 1 aromatic carbocycles. The number of nitrogens with one attached hydrogen (secondary N) is 2. The molecule has 0 bridgehead atoms. The number of rotatable bonds is 4. The van der Waals surface area contributed by atoms with E-state index in [0.29, 0.717) is 30.5 Å². The van der Waals surface area contributed by atoms with Gasteiger partial charge in [-0.25, -0.2) is 8.42 Å². The van der Waals surface area contributed by atoms with Crippen molar-refractivity contribution in [1.29, 1.82) is 0 Å². The molecule has 0 spiro atoms. The van der Waals surface area contributed by atoms with Gasteiger partial charge in [-0.2, -0.15) is 4.31 Å². The molecule has 152 valence electrons. The quantitative estimate of drug-likeness (QED) is 0.790. The number of hydrogen-bond donors (Lipinski definition) is 2. The Morgan fingerprint density at radius 3 is 2.56 bits per heavy atom. The highest BCUT2D eigenvalue weighted by Gasteiger charge is 2.32. The second-order valence-corrected chi connectivity index (χ2v) is 9.75. The van der Waals surface area contributed by atoms with Gasteiger partial charge in [0.1, 0.15) is 0 Å². The summed E-state index contributed by atoms with van der Waals surface area (Å²) in [5.41, 5.74) is 0.398. The van der Waals surface area contributed by atoms with Crippen LogP contribution < -0.4 is 10.6 Å². The maximum absolute atomic E-state index is 13.0. The Kier molecular flexibility index (Phi) is 7.68. The third-order valence-electron chi connectivity index (χ3n) is 5.20. The molecule has 1 aromatic rings. The fraction of sp³-hybridized carbons (Fsp3) is 0.632. The van der Waals surface area contributed by atoms with Gasteiger partial charge >= 0.3 is 0 Å². The summed E-state index contributed by atoms with van der Waals surface area (Å²) in [6.07, 6.45) is 3.02. The Hall–Kier alpha value is -1.15. The van der Waals surface area contributed by atoms with Crippen molar-refractivity contribution in [2.45, 2.75) is 44.0 Å². The van der Waals surface area contributed by atoms with Gasteiger partial charge in [-0.15, -0.1) is 12.4 Å². The number of piperidine rings is 2. The summed E-state index contributed by atoms with van der Waals surface area (Å²) in [6.45, 7) is 6.98. The second-order valence-electron chi connectivity index (χ2n) is 7.81. The third kappa shape index (κ3) is 5.44.